The van der Waals surface area contributed by atoms with Crippen LogP contribution in [0.25, 0.3) is 0 Å². The van der Waals surface area contributed by atoms with Crippen LogP contribution >= 0.6 is 0 Å². The van der Waals surface area contributed by atoms with Crippen LogP contribution in [-0.2, 0) is 13.0 Å². The molecule has 2 N–H and O–H groups in total. The quantitative estimate of drug-likeness (QED) is 0.833. The molecule has 0 bridgehead atoms. The lowest BCUT2D eigenvalue weighted by Gasteiger charge is -2.12. The van der Waals surface area contributed by atoms with E-state index < -0.39 is 5.92 Å². The summed E-state index contributed by atoms with van der Waals surface area (Å²) >= 11 is 0. The number of rotatable bonds is 6. The van der Waals surface area contributed by atoms with E-state index in [4.69, 9.17) is 10.5 Å². The van der Waals surface area contributed by atoms with Gasteiger partial charge >= 0.3 is 0 Å². The molecule has 0 aliphatic heterocycles. The summed E-state index contributed by atoms with van der Waals surface area (Å²) < 4.78 is 30.6. The molecule has 0 atom stereocenters. The van der Waals surface area contributed by atoms with Gasteiger partial charge in [0.1, 0.15) is 5.75 Å². The van der Waals surface area contributed by atoms with E-state index in [1.807, 2.05) is 18.2 Å². The summed E-state index contributed by atoms with van der Waals surface area (Å²) in [6.45, 7) is 1.39. The highest BCUT2D eigenvalue weighted by Gasteiger charge is 2.20. The third kappa shape index (κ3) is 4.69. The van der Waals surface area contributed by atoms with E-state index in [1.54, 1.807) is 7.11 Å². The van der Waals surface area contributed by atoms with Crippen LogP contribution in [0.15, 0.2) is 18.2 Å². The normalized spacial score (nSPS) is 11.6. The van der Waals surface area contributed by atoms with Gasteiger partial charge in [0.25, 0.3) is 0 Å². The van der Waals surface area contributed by atoms with Crippen molar-refractivity contribution in [3.05, 3.63) is 29.3 Å². The molecule has 96 valence electrons. The largest absolute Gasteiger partial charge is 0.496 e. The fourth-order valence-corrected chi connectivity index (χ4v) is 1.71. The van der Waals surface area contributed by atoms with Crippen molar-refractivity contribution in [3.8, 4) is 5.75 Å². The Labute approximate surface area is 101 Å². The lowest BCUT2D eigenvalue weighted by molar-refractivity contribution is 0.0111. The number of nitrogens with two attached hydrogens (primary N) is 1. The summed E-state index contributed by atoms with van der Waals surface area (Å²) in [6, 6.07) is 5.66. The van der Waals surface area contributed by atoms with Crippen molar-refractivity contribution in [1.29, 1.82) is 0 Å². The van der Waals surface area contributed by atoms with E-state index in [0.29, 0.717) is 19.4 Å². The Bertz CT molecular complexity index is 361. The number of methoxy groups -OCH3 is 1. The van der Waals surface area contributed by atoms with E-state index in [1.165, 1.54) is 0 Å². The summed E-state index contributed by atoms with van der Waals surface area (Å²) in [7, 11) is 1.58. The second-order valence-electron chi connectivity index (χ2n) is 4.27. The SMILES string of the molecule is COc1cc(CN)ccc1CCCC(C)(F)F. The number of ether oxygens (including phenoxy) is 1. The molecule has 0 radical (unpaired) electrons. The Balaban J connectivity index is 2.64. The Morgan fingerprint density at radius 1 is 1.35 bits per heavy atom. The Morgan fingerprint density at radius 2 is 2.06 bits per heavy atom. The third-order valence-electron chi connectivity index (χ3n) is 2.65. The smallest absolute Gasteiger partial charge is 0.245 e. The molecule has 0 saturated heterocycles. The van der Waals surface area contributed by atoms with E-state index in [9.17, 15) is 8.78 Å². The number of halogens is 2. The molecule has 1 aromatic carbocycles. The van der Waals surface area contributed by atoms with Gasteiger partial charge in [-0.1, -0.05) is 12.1 Å². The molecule has 0 unspecified atom stereocenters. The molecule has 0 heterocycles. The molecule has 0 aromatic heterocycles. The molecule has 1 rings (SSSR count). The molecule has 0 saturated carbocycles. The van der Waals surface area contributed by atoms with Gasteiger partial charge in [-0.05, 0) is 37.0 Å². The van der Waals surface area contributed by atoms with Crippen LogP contribution < -0.4 is 10.5 Å². The zero-order valence-corrected chi connectivity index (χ0v) is 10.3. The summed E-state index contributed by atoms with van der Waals surface area (Å²) in [6.07, 6.45) is 0.939. The zero-order chi connectivity index (χ0) is 12.9. The van der Waals surface area contributed by atoms with E-state index in [0.717, 1.165) is 23.8 Å². The second-order valence-corrected chi connectivity index (χ2v) is 4.27. The maximum absolute atomic E-state index is 12.7. The lowest BCUT2D eigenvalue weighted by atomic mass is 10.0. The van der Waals surface area contributed by atoms with Crippen molar-refractivity contribution in [3.63, 3.8) is 0 Å². The fraction of sp³-hybridized carbons (Fsp3) is 0.538. The molecule has 0 spiro atoms. The first-order chi connectivity index (χ1) is 7.96. The molecule has 2 nitrogen and oxygen atoms in total. The highest BCUT2D eigenvalue weighted by atomic mass is 19.3. The molecule has 17 heavy (non-hydrogen) atoms. The van der Waals surface area contributed by atoms with Crippen molar-refractivity contribution in [2.24, 2.45) is 5.73 Å². The van der Waals surface area contributed by atoms with Gasteiger partial charge in [-0.25, -0.2) is 8.78 Å². The number of aryl methyl sites for hydroxylation is 1. The zero-order valence-electron chi connectivity index (χ0n) is 10.3. The first kappa shape index (κ1) is 13.9. The van der Waals surface area contributed by atoms with Crippen LogP contribution in [0.1, 0.15) is 30.9 Å². The molecule has 0 amide bonds. The van der Waals surface area contributed by atoms with Crippen molar-refractivity contribution in [2.75, 3.05) is 7.11 Å². The predicted molar refractivity (Wildman–Crippen MR) is 64.4 cm³/mol. The fourth-order valence-electron chi connectivity index (χ4n) is 1.71. The van der Waals surface area contributed by atoms with Crippen LogP contribution in [0.4, 0.5) is 8.78 Å². The minimum absolute atomic E-state index is 0.102. The highest BCUT2D eigenvalue weighted by molar-refractivity contribution is 5.37. The second kappa shape index (κ2) is 5.96. The predicted octanol–water partition coefficient (Wildman–Crippen LogP) is 3.13. The van der Waals surface area contributed by atoms with Crippen LogP contribution in [0.2, 0.25) is 0 Å². The topological polar surface area (TPSA) is 35.2 Å². The van der Waals surface area contributed by atoms with Gasteiger partial charge in [0.15, 0.2) is 0 Å². The first-order valence-electron chi connectivity index (χ1n) is 5.70. The van der Waals surface area contributed by atoms with E-state index >= 15 is 0 Å². The summed E-state index contributed by atoms with van der Waals surface area (Å²) in [4.78, 5) is 0. The molecule has 1 aromatic rings. The number of benzene rings is 1. The Kier molecular flexibility index (Phi) is 4.87. The lowest BCUT2D eigenvalue weighted by Crippen LogP contribution is -2.09. The number of hydrogen-bond donors (Lipinski definition) is 1. The van der Waals surface area contributed by atoms with Gasteiger partial charge < -0.3 is 10.5 Å². The van der Waals surface area contributed by atoms with E-state index in [2.05, 4.69) is 0 Å². The van der Waals surface area contributed by atoms with Gasteiger partial charge in [-0.15, -0.1) is 0 Å². The van der Waals surface area contributed by atoms with Crippen molar-refractivity contribution in [2.45, 2.75) is 38.7 Å². The van der Waals surface area contributed by atoms with Gasteiger partial charge in [0, 0.05) is 13.0 Å². The van der Waals surface area contributed by atoms with Crippen LogP contribution in [0.5, 0.6) is 5.75 Å². The van der Waals surface area contributed by atoms with Crippen molar-refractivity contribution in [1.82, 2.24) is 0 Å². The summed E-state index contributed by atoms with van der Waals surface area (Å²) in [5.74, 6) is -1.86. The van der Waals surface area contributed by atoms with Gasteiger partial charge in [0.2, 0.25) is 5.92 Å². The number of alkyl halides is 2. The van der Waals surface area contributed by atoms with Crippen molar-refractivity contribution < 1.29 is 13.5 Å². The minimum atomic E-state index is -2.59. The molecule has 4 heteroatoms. The Hall–Kier alpha value is -1.16. The molecule has 0 fully saturated rings. The van der Waals surface area contributed by atoms with Crippen LogP contribution in [-0.4, -0.2) is 13.0 Å². The standard InChI is InChI=1S/C13H19F2NO/c1-13(14,15)7-3-4-11-6-5-10(9-16)8-12(11)17-2/h5-6,8H,3-4,7,9,16H2,1-2H3. The summed E-state index contributed by atoms with van der Waals surface area (Å²) in [5, 5.41) is 0. The van der Waals surface area contributed by atoms with E-state index in [-0.39, 0.29) is 6.42 Å². The number of hydrogen-bond acceptors (Lipinski definition) is 2. The molecular weight excluding hydrogens is 224 g/mol. The first-order valence-corrected chi connectivity index (χ1v) is 5.70. The molecule has 0 aliphatic carbocycles. The average Bonchev–Trinajstić information content (AvgIpc) is 2.27. The van der Waals surface area contributed by atoms with Crippen LogP contribution in [0.3, 0.4) is 0 Å². The van der Waals surface area contributed by atoms with Gasteiger partial charge in [-0.3, -0.25) is 0 Å². The third-order valence-corrected chi connectivity index (χ3v) is 2.65. The maximum Gasteiger partial charge on any atom is 0.245 e. The monoisotopic (exact) mass is 243 g/mol. The highest BCUT2D eigenvalue weighted by Crippen LogP contribution is 2.25. The summed E-state index contributed by atoms with van der Waals surface area (Å²) in [5.41, 5.74) is 7.46. The van der Waals surface area contributed by atoms with Crippen LogP contribution in [0, 0.1) is 0 Å². The van der Waals surface area contributed by atoms with Gasteiger partial charge in [0.05, 0.1) is 7.11 Å². The average molecular weight is 243 g/mol. The molecule has 0 aliphatic rings. The Morgan fingerprint density at radius 3 is 2.59 bits per heavy atom. The van der Waals surface area contributed by atoms with Gasteiger partial charge in [-0.2, -0.15) is 0 Å². The molecular formula is C13H19F2NO. The maximum atomic E-state index is 12.7. The minimum Gasteiger partial charge on any atom is -0.496 e. The van der Waals surface area contributed by atoms with Crippen molar-refractivity contribution >= 4 is 0 Å².